The first-order chi connectivity index (χ1) is 9.04. The maximum atomic E-state index is 11.5. The molecule has 2 heterocycles. The number of hydrogen-bond acceptors (Lipinski definition) is 6. The van der Waals surface area contributed by atoms with Crippen LogP contribution >= 0.6 is 11.3 Å². The predicted molar refractivity (Wildman–Crippen MR) is 69.3 cm³/mol. The molecule has 0 radical (unpaired) electrons. The van der Waals surface area contributed by atoms with E-state index in [0.717, 1.165) is 0 Å². The van der Waals surface area contributed by atoms with Gasteiger partial charge < -0.3 is 9.84 Å². The third-order valence-corrected chi connectivity index (χ3v) is 4.03. The lowest BCUT2D eigenvalue weighted by molar-refractivity contribution is -0.147. The van der Waals surface area contributed by atoms with E-state index in [9.17, 15) is 9.90 Å². The number of methoxy groups -OCH3 is 1. The number of carboxylic acid groups (broad SMARTS) is 1. The number of tetrazole rings is 1. The van der Waals surface area contributed by atoms with E-state index < -0.39 is 11.5 Å². The molecule has 19 heavy (non-hydrogen) atoms. The van der Waals surface area contributed by atoms with E-state index in [1.54, 1.807) is 27.0 Å². The molecule has 1 atom stereocenters. The highest BCUT2D eigenvalue weighted by molar-refractivity contribution is 7.13. The van der Waals surface area contributed by atoms with Crippen molar-refractivity contribution < 1.29 is 14.6 Å². The van der Waals surface area contributed by atoms with Gasteiger partial charge in [-0.1, -0.05) is 6.92 Å². The average Bonchev–Trinajstić information content (AvgIpc) is 3.04. The van der Waals surface area contributed by atoms with Crippen LogP contribution in [0.5, 0.6) is 5.75 Å². The van der Waals surface area contributed by atoms with Gasteiger partial charge in [-0.25, -0.2) is 9.48 Å². The second-order valence-electron chi connectivity index (χ2n) is 4.16. The molecular formula is C11H14N4O3S. The summed E-state index contributed by atoms with van der Waals surface area (Å²) in [5.41, 5.74) is -1.19. The predicted octanol–water partition coefficient (Wildman–Crippen LogP) is 1.62. The lowest BCUT2D eigenvalue weighted by atomic mass is 9.99. The standard InChI is InChI=1S/C11H14N4O3S/c1-4-11(2,10(16)17)15-9(12-13-14-15)8-7(18-3)5-6-19-8/h5-6H,4H2,1-3H3,(H,16,17). The highest BCUT2D eigenvalue weighted by atomic mass is 32.1. The van der Waals surface area contributed by atoms with Crippen LogP contribution in [0, 0.1) is 0 Å². The molecule has 0 saturated heterocycles. The molecular weight excluding hydrogens is 268 g/mol. The normalized spacial score (nSPS) is 14.1. The fraction of sp³-hybridized carbons (Fsp3) is 0.455. The largest absolute Gasteiger partial charge is 0.495 e. The summed E-state index contributed by atoms with van der Waals surface area (Å²) in [7, 11) is 1.55. The van der Waals surface area contributed by atoms with Crippen molar-refractivity contribution >= 4 is 17.3 Å². The van der Waals surface area contributed by atoms with Crippen LogP contribution in [0.25, 0.3) is 10.7 Å². The fourth-order valence-electron chi connectivity index (χ4n) is 1.67. The van der Waals surface area contributed by atoms with Gasteiger partial charge in [0, 0.05) is 0 Å². The van der Waals surface area contributed by atoms with Gasteiger partial charge in [0.2, 0.25) is 0 Å². The molecule has 2 rings (SSSR count). The first kappa shape index (κ1) is 13.5. The molecule has 0 amide bonds. The van der Waals surface area contributed by atoms with Gasteiger partial charge in [-0.05, 0) is 35.2 Å². The fourth-order valence-corrected chi connectivity index (χ4v) is 2.50. The molecule has 2 aromatic rings. The van der Waals surface area contributed by atoms with Gasteiger partial charge in [0.25, 0.3) is 0 Å². The number of rotatable bonds is 5. The Kier molecular flexibility index (Phi) is 3.52. The smallest absolute Gasteiger partial charge is 0.331 e. The second kappa shape index (κ2) is 4.96. The molecule has 8 heteroatoms. The molecule has 2 aromatic heterocycles. The van der Waals surface area contributed by atoms with Crippen molar-refractivity contribution in [2.75, 3.05) is 7.11 Å². The van der Waals surface area contributed by atoms with E-state index in [0.29, 0.717) is 22.9 Å². The van der Waals surface area contributed by atoms with Crippen LogP contribution in [0.2, 0.25) is 0 Å². The van der Waals surface area contributed by atoms with E-state index >= 15 is 0 Å². The molecule has 0 fully saturated rings. The highest BCUT2D eigenvalue weighted by Gasteiger charge is 2.38. The number of carbonyl (C=O) groups is 1. The summed E-state index contributed by atoms with van der Waals surface area (Å²) in [4.78, 5) is 12.2. The summed E-state index contributed by atoms with van der Waals surface area (Å²) >= 11 is 1.40. The number of aromatic nitrogens is 4. The van der Waals surface area contributed by atoms with Gasteiger partial charge in [-0.2, -0.15) is 0 Å². The Hall–Kier alpha value is -1.96. The molecule has 0 bridgehead atoms. The maximum Gasteiger partial charge on any atom is 0.331 e. The zero-order valence-electron chi connectivity index (χ0n) is 10.8. The second-order valence-corrected chi connectivity index (χ2v) is 5.08. The van der Waals surface area contributed by atoms with Crippen LogP contribution in [-0.4, -0.2) is 38.4 Å². The summed E-state index contributed by atoms with van der Waals surface area (Å²) in [5, 5.41) is 22.6. The van der Waals surface area contributed by atoms with E-state index in [4.69, 9.17) is 4.74 Å². The SMILES string of the molecule is CCC(C)(C(=O)O)n1nnnc1-c1sccc1OC. The minimum Gasteiger partial charge on any atom is -0.495 e. The van der Waals surface area contributed by atoms with Gasteiger partial charge in [0.1, 0.15) is 10.6 Å². The first-order valence-electron chi connectivity index (χ1n) is 5.68. The average molecular weight is 282 g/mol. The molecule has 0 aromatic carbocycles. The lowest BCUT2D eigenvalue weighted by Crippen LogP contribution is -2.39. The highest BCUT2D eigenvalue weighted by Crippen LogP contribution is 2.36. The van der Waals surface area contributed by atoms with Crippen molar-refractivity contribution in [3.63, 3.8) is 0 Å². The minimum absolute atomic E-state index is 0.369. The Morgan fingerprint density at radius 2 is 2.37 bits per heavy atom. The van der Waals surface area contributed by atoms with E-state index in [1.165, 1.54) is 16.0 Å². The molecule has 0 spiro atoms. The summed E-state index contributed by atoms with van der Waals surface area (Å²) in [5.74, 6) is 0.0579. The van der Waals surface area contributed by atoms with Crippen LogP contribution < -0.4 is 4.74 Å². The van der Waals surface area contributed by atoms with Crippen LogP contribution in [0.4, 0.5) is 0 Å². The third kappa shape index (κ3) is 2.07. The number of hydrogen-bond donors (Lipinski definition) is 1. The van der Waals surface area contributed by atoms with Crippen LogP contribution in [-0.2, 0) is 10.3 Å². The molecule has 0 aliphatic rings. The molecule has 1 N–H and O–H groups in total. The van der Waals surface area contributed by atoms with Gasteiger partial charge in [0.15, 0.2) is 11.4 Å². The number of nitrogens with zero attached hydrogens (tertiary/aromatic N) is 4. The number of carboxylic acids is 1. The molecule has 0 aliphatic carbocycles. The van der Waals surface area contributed by atoms with Crippen LogP contribution in [0.3, 0.4) is 0 Å². The van der Waals surface area contributed by atoms with Gasteiger partial charge in [-0.15, -0.1) is 16.4 Å². The quantitative estimate of drug-likeness (QED) is 0.896. The number of aliphatic carboxylic acids is 1. The molecule has 102 valence electrons. The van der Waals surface area contributed by atoms with Crippen LogP contribution in [0.15, 0.2) is 11.4 Å². The minimum atomic E-state index is -1.19. The number of thiophene rings is 1. The third-order valence-electron chi connectivity index (χ3n) is 3.14. The molecule has 0 aliphatic heterocycles. The van der Waals surface area contributed by atoms with Crippen molar-refractivity contribution in [1.29, 1.82) is 0 Å². The zero-order chi connectivity index (χ0) is 14.0. The summed E-state index contributed by atoms with van der Waals surface area (Å²) < 4.78 is 6.56. The summed E-state index contributed by atoms with van der Waals surface area (Å²) in [6.07, 6.45) is 0.369. The van der Waals surface area contributed by atoms with E-state index in [-0.39, 0.29) is 0 Å². The van der Waals surface area contributed by atoms with Crippen molar-refractivity contribution in [2.45, 2.75) is 25.8 Å². The topological polar surface area (TPSA) is 90.1 Å². The molecule has 0 saturated carbocycles. The Morgan fingerprint density at radius 3 is 2.95 bits per heavy atom. The van der Waals surface area contributed by atoms with Crippen LogP contribution in [0.1, 0.15) is 20.3 Å². The van der Waals surface area contributed by atoms with Gasteiger partial charge in [0.05, 0.1) is 7.11 Å². The molecule has 7 nitrogen and oxygen atoms in total. The van der Waals surface area contributed by atoms with Crippen molar-refractivity contribution in [2.24, 2.45) is 0 Å². The van der Waals surface area contributed by atoms with Gasteiger partial charge >= 0.3 is 5.97 Å². The zero-order valence-corrected chi connectivity index (χ0v) is 11.6. The van der Waals surface area contributed by atoms with Crippen molar-refractivity contribution in [1.82, 2.24) is 20.2 Å². The lowest BCUT2D eigenvalue weighted by Gasteiger charge is -2.23. The first-order valence-corrected chi connectivity index (χ1v) is 6.56. The van der Waals surface area contributed by atoms with E-state index in [1.807, 2.05) is 5.38 Å². The Labute approximate surface area is 113 Å². The van der Waals surface area contributed by atoms with Gasteiger partial charge in [-0.3, -0.25) is 0 Å². The summed E-state index contributed by atoms with van der Waals surface area (Å²) in [6, 6.07) is 1.79. The Balaban J connectivity index is 2.57. The Morgan fingerprint density at radius 1 is 1.63 bits per heavy atom. The van der Waals surface area contributed by atoms with E-state index in [2.05, 4.69) is 15.5 Å². The maximum absolute atomic E-state index is 11.5. The van der Waals surface area contributed by atoms with Crippen molar-refractivity contribution in [3.05, 3.63) is 11.4 Å². The number of ether oxygens (including phenoxy) is 1. The monoisotopic (exact) mass is 282 g/mol. The van der Waals surface area contributed by atoms with Crippen molar-refractivity contribution in [3.8, 4) is 16.5 Å². The summed E-state index contributed by atoms with van der Waals surface area (Å²) in [6.45, 7) is 3.38. The Bertz CT molecular complexity index is 594. The molecule has 1 unspecified atom stereocenters.